The second kappa shape index (κ2) is 8.43. The van der Waals surface area contributed by atoms with Gasteiger partial charge in [-0.1, -0.05) is 41.9 Å². The number of nitrogens with zero attached hydrogens (tertiary/aromatic N) is 1. The minimum Gasteiger partial charge on any atom is -0.495 e. The molecule has 26 heavy (non-hydrogen) atoms. The number of hydrogen-bond donors (Lipinski definition) is 1. The van der Waals surface area contributed by atoms with Gasteiger partial charge in [0.05, 0.1) is 31.5 Å². The highest BCUT2D eigenvalue weighted by molar-refractivity contribution is 6.32. The van der Waals surface area contributed by atoms with Crippen LogP contribution >= 0.6 is 11.6 Å². The summed E-state index contributed by atoms with van der Waals surface area (Å²) in [4.78, 5) is 14.8. The van der Waals surface area contributed by atoms with Crippen LogP contribution in [0.5, 0.6) is 11.5 Å². The molecule has 1 fully saturated rings. The first-order chi connectivity index (χ1) is 12.6. The summed E-state index contributed by atoms with van der Waals surface area (Å²) in [6.07, 6.45) is 2.15. The lowest BCUT2D eigenvalue weighted by molar-refractivity contribution is -0.117. The van der Waals surface area contributed by atoms with Gasteiger partial charge in [0.2, 0.25) is 5.91 Å². The Morgan fingerprint density at radius 1 is 1.19 bits per heavy atom. The fraction of sp³-hybridized carbons (Fsp3) is 0.350. The van der Waals surface area contributed by atoms with Gasteiger partial charge in [0.15, 0.2) is 0 Å². The molecular formula is C20H23ClN2O3. The Morgan fingerprint density at radius 2 is 1.92 bits per heavy atom. The Bertz CT molecular complexity index is 767. The van der Waals surface area contributed by atoms with Crippen molar-refractivity contribution in [1.29, 1.82) is 0 Å². The summed E-state index contributed by atoms with van der Waals surface area (Å²) in [6, 6.07) is 13.9. The highest BCUT2D eigenvalue weighted by Crippen LogP contribution is 2.36. The number of rotatable bonds is 6. The van der Waals surface area contributed by atoms with E-state index in [2.05, 4.69) is 22.3 Å². The third kappa shape index (κ3) is 4.11. The van der Waals surface area contributed by atoms with Crippen LogP contribution in [0.15, 0.2) is 42.5 Å². The molecule has 1 saturated heterocycles. The standard InChI is InChI=1S/C20H23ClN2O3/c1-25-18-12-19(26-2)16(11-15(18)21)22-20(24)13-23-10-6-9-17(23)14-7-4-3-5-8-14/h3-5,7-8,11-12,17H,6,9-10,13H2,1-2H3,(H,22,24). The number of hydrogen-bond acceptors (Lipinski definition) is 4. The lowest BCUT2D eigenvalue weighted by Gasteiger charge is -2.24. The number of halogens is 1. The summed E-state index contributed by atoms with van der Waals surface area (Å²) in [6.45, 7) is 1.24. The van der Waals surface area contributed by atoms with Crippen molar-refractivity contribution < 1.29 is 14.3 Å². The summed E-state index contributed by atoms with van der Waals surface area (Å²) in [5, 5.41) is 3.33. The number of benzene rings is 2. The lowest BCUT2D eigenvalue weighted by Crippen LogP contribution is -2.33. The maximum absolute atomic E-state index is 12.6. The number of likely N-dealkylation sites (tertiary alicyclic amines) is 1. The molecule has 0 saturated carbocycles. The van der Waals surface area contributed by atoms with E-state index in [1.54, 1.807) is 19.2 Å². The molecule has 138 valence electrons. The average molecular weight is 375 g/mol. The fourth-order valence-electron chi connectivity index (χ4n) is 3.40. The van der Waals surface area contributed by atoms with Crippen molar-refractivity contribution in [2.75, 3.05) is 32.6 Å². The molecule has 2 aromatic carbocycles. The van der Waals surface area contributed by atoms with Crippen LogP contribution in [0.4, 0.5) is 5.69 Å². The van der Waals surface area contributed by atoms with Crippen molar-refractivity contribution in [3.05, 3.63) is 53.1 Å². The Morgan fingerprint density at radius 3 is 2.62 bits per heavy atom. The molecule has 0 aliphatic carbocycles. The largest absolute Gasteiger partial charge is 0.495 e. The quantitative estimate of drug-likeness (QED) is 0.825. The Labute approximate surface area is 158 Å². The molecule has 1 N–H and O–H groups in total. The number of carbonyl (C=O) groups excluding carboxylic acids is 1. The van der Waals surface area contributed by atoms with Crippen molar-refractivity contribution >= 4 is 23.2 Å². The smallest absolute Gasteiger partial charge is 0.238 e. The van der Waals surface area contributed by atoms with Crippen LogP contribution in [-0.2, 0) is 4.79 Å². The van der Waals surface area contributed by atoms with E-state index < -0.39 is 0 Å². The molecule has 0 bridgehead atoms. The second-order valence-corrected chi connectivity index (χ2v) is 6.68. The molecule has 5 nitrogen and oxygen atoms in total. The van der Waals surface area contributed by atoms with Crippen LogP contribution in [-0.4, -0.2) is 38.1 Å². The van der Waals surface area contributed by atoms with Gasteiger partial charge in [-0.3, -0.25) is 9.69 Å². The van der Waals surface area contributed by atoms with E-state index in [9.17, 15) is 4.79 Å². The second-order valence-electron chi connectivity index (χ2n) is 6.27. The molecule has 1 unspecified atom stereocenters. The van der Waals surface area contributed by atoms with Gasteiger partial charge in [-0.2, -0.15) is 0 Å². The molecule has 2 aromatic rings. The zero-order valence-electron chi connectivity index (χ0n) is 15.0. The van der Waals surface area contributed by atoms with Gasteiger partial charge in [-0.05, 0) is 31.0 Å². The molecule has 1 amide bonds. The first-order valence-electron chi connectivity index (χ1n) is 8.62. The molecular weight excluding hydrogens is 352 g/mol. The van der Waals surface area contributed by atoms with Crippen LogP contribution in [0.2, 0.25) is 5.02 Å². The third-order valence-corrected chi connectivity index (χ3v) is 4.94. The number of ether oxygens (including phenoxy) is 2. The number of carbonyl (C=O) groups is 1. The van der Waals surface area contributed by atoms with Crippen molar-refractivity contribution in [2.45, 2.75) is 18.9 Å². The van der Waals surface area contributed by atoms with Crippen LogP contribution in [0.3, 0.4) is 0 Å². The summed E-state index contributed by atoms with van der Waals surface area (Å²) in [5.41, 5.74) is 1.79. The van der Waals surface area contributed by atoms with Crippen LogP contribution in [0.25, 0.3) is 0 Å². The van der Waals surface area contributed by atoms with Crippen LogP contribution in [0, 0.1) is 0 Å². The van der Waals surface area contributed by atoms with Gasteiger partial charge in [0.25, 0.3) is 0 Å². The van der Waals surface area contributed by atoms with Crippen molar-refractivity contribution in [1.82, 2.24) is 4.90 Å². The summed E-state index contributed by atoms with van der Waals surface area (Å²) in [7, 11) is 3.08. The highest BCUT2D eigenvalue weighted by atomic mass is 35.5. The predicted octanol–water partition coefficient (Wildman–Crippen LogP) is 4.13. The van der Waals surface area contributed by atoms with Gasteiger partial charge in [-0.15, -0.1) is 0 Å². The van der Waals surface area contributed by atoms with Gasteiger partial charge in [0.1, 0.15) is 11.5 Å². The van der Waals surface area contributed by atoms with E-state index in [0.717, 1.165) is 19.4 Å². The molecule has 1 aliphatic heterocycles. The first kappa shape index (κ1) is 18.5. The fourth-order valence-corrected chi connectivity index (χ4v) is 3.64. The minimum atomic E-state index is -0.0904. The lowest BCUT2D eigenvalue weighted by atomic mass is 10.0. The third-order valence-electron chi connectivity index (χ3n) is 4.64. The van der Waals surface area contributed by atoms with E-state index in [0.29, 0.717) is 28.8 Å². The maximum atomic E-state index is 12.6. The molecule has 0 spiro atoms. The first-order valence-corrected chi connectivity index (χ1v) is 9.00. The zero-order chi connectivity index (χ0) is 18.5. The number of methoxy groups -OCH3 is 2. The van der Waals surface area contributed by atoms with E-state index in [1.165, 1.54) is 12.7 Å². The Kier molecular flexibility index (Phi) is 6.01. The SMILES string of the molecule is COc1cc(OC)c(NC(=O)CN2CCCC2c2ccccc2)cc1Cl. The molecule has 3 rings (SSSR count). The van der Waals surface area contributed by atoms with Crippen molar-refractivity contribution in [3.63, 3.8) is 0 Å². The van der Waals surface area contributed by atoms with Crippen molar-refractivity contribution in [2.24, 2.45) is 0 Å². The van der Waals surface area contributed by atoms with E-state index in [4.69, 9.17) is 21.1 Å². The van der Waals surface area contributed by atoms with Crippen LogP contribution in [0.1, 0.15) is 24.4 Å². The van der Waals surface area contributed by atoms with Gasteiger partial charge >= 0.3 is 0 Å². The molecule has 0 aromatic heterocycles. The molecule has 1 atom stereocenters. The predicted molar refractivity (Wildman–Crippen MR) is 103 cm³/mol. The number of anilines is 1. The van der Waals surface area contributed by atoms with E-state index in [1.807, 2.05) is 18.2 Å². The van der Waals surface area contributed by atoms with Gasteiger partial charge < -0.3 is 14.8 Å². The monoisotopic (exact) mass is 374 g/mol. The van der Waals surface area contributed by atoms with Crippen molar-refractivity contribution in [3.8, 4) is 11.5 Å². The average Bonchev–Trinajstić information content (AvgIpc) is 3.10. The van der Waals surface area contributed by atoms with E-state index >= 15 is 0 Å². The minimum absolute atomic E-state index is 0.0904. The molecule has 0 radical (unpaired) electrons. The summed E-state index contributed by atoms with van der Waals surface area (Å²) < 4.78 is 10.5. The molecule has 1 heterocycles. The molecule has 6 heteroatoms. The Hall–Kier alpha value is -2.24. The molecule has 1 aliphatic rings. The van der Waals surface area contributed by atoms with Crippen LogP contribution < -0.4 is 14.8 Å². The normalized spacial score (nSPS) is 17.1. The number of amides is 1. The summed E-state index contributed by atoms with van der Waals surface area (Å²) >= 11 is 6.17. The highest BCUT2D eigenvalue weighted by Gasteiger charge is 2.27. The zero-order valence-corrected chi connectivity index (χ0v) is 15.8. The van der Waals surface area contributed by atoms with Gasteiger partial charge in [0, 0.05) is 12.1 Å². The maximum Gasteiger partial charge on any atom is 0.238 e. The van der Waals surface area contributed by atoms with E-state index in [-0.39, 0.29) is 11.9 Å². The Balaban J connectivity index is 1.70. The number of nitrogens with one attached hydrogen (secondary N) is 1. The van der Waals surface area contributed by atoms with Gasteiger partial charge in [-0.25, -0.2) is 0 Å². The topological polar surface area (TPSA) is 50.8 Å². The summed E-state index contributed by atoms with van der Waals surface area (Å²) in [5.74, 6) is 0.929.